The molecule has 3 aliphatic carbocycles. The Morgan fingerprint density at radius 3 is 2.64 bits per heavy atom. The fourth-order valence-electron chi connectivity index (χ4n) is 2.55. The van der Waals surface area contributed by atoms with Gasteiger partial charge in [0.05, 0.1) is 0 Å². The van der Waals surface area contributed by atoms with Crippen molar-refractivity contribution in [2.45, 2.75) is 25.7 Å². The number of fused-ring (bicyclic) bond motifs is 2. The maximum absolute atomic E-state index is 8.82. The Labute approximate surface area is 68.1 Å². The molecule has 0 spiro atoms. The molecule has 3 rings (SSSR count). The van der Waals surface area contributed by atoms with E-state index in [0.717, 1.165) is 24.2 Å². The molecular formula is C10H16O. The molecule has 2 bridgehead atoms. The minimum Gasteiger partial charge on any atom is -0.396 e. The molecule has 0 radical (unpaired) electrons. The van der Waals surface area contributed by atoms with E-state index in [0.29, 0.717) is 6.61 Å². The van der Waals surface area contributed by atoms with Crippen LogP contribution >= 0.6 is 0 Å². The van der Waals surface area contributed by atoms with Crippen LogP contribution in [0, 0.1) is 17.8 Å². The van der Waals surface area contributed by atoms with Gasteiger partial charge in [0.15, 0.2) is 0 Å². The van der Waals surface area contributed by atoms with Crippen LogP contribution in [-0.2, 0) is 0 Å². The van der Waals surface area contributed by atoms with Crippen LogP contribution in [0.25, 0.3) is 0 Å². The Kier molecular flexibility index (Phi) is 1.99. The van der Waals surface area contributed by atoms with Crippen molar-refractivity contribution >= 4 is 0 Å². The number of rotatable bonds is 2. The first-order valence-corrected chi connectivity index (χ1v) is 4.69. The molecule has 1 N–H and O–H groups in total. The predicted octanol–water partition coefficient (Wildman–Crippen LogP) is 1.97. The third kappa shape index (κ3) is 1.34. The summed E-state index contributed by atoms with van der Waals surface area (Å²) in [5.41, 5.74) is 0. The SMILES string of the molecule is OCC[C@@H]1C[C@@H]2C=C[C@H]1CC2. The Morgan fingerprint density at radius 1 is 1.27 bits per heavy atom. The van der Waals surface area contributed by atoms with E-state index in [4.69, 9.17) is 5.11 Å². The van der Waals surface area contributed by atoms with Crippen molar-refractivity contribution in [3.63, 3.8) is 0 Å². The monoisotopic (exact) mass is 152 g/mol. The van der Waals surface area contributed by atoms with Crippen LogP contribution in [-0.4, -0.2) is 11.7 Å². The van der Waals surface area contributed by atoms with E-state index in [1.165, 1.54) is 19.3 Å². The predicted molar refractivity (Wildman–Crippen MR) is 45.2 cm³/mol. The number of hydrogen-bond donors (Lipinski definition) is 1. The van der Waals surface area contributed by atoms with E-state index in [-0.39, 0.29) is 0 Å². The van der Waals surface area contributed by atoms with Crippen molar-refractivity contribution < 1.29 is 5.11 Å². The molecule has 0 saturated heterocycles. The van der Waals surface area contributed by atoms with Gasteiger partial charge >= 0.3 is 0 Å². The summed E-state index contributed by atoms with van der Waals surface area (Å²) in [5.74, 6) is 2.44. The molecule has 62 valence electrons. The van der Waals surface area contributed by atoms with E-state index < -0.39 is 0 Å². The molecule has 0 aliphatic heterocycles. The fourth-order valence-corrected chi connectivity index (χ4v) is 2.55. The molecule has 1 heteroatoms. The van der Waals surface area contributed by atoms with Gasteiger partial charge in [-0.2, -0.15) is 0 Å². The van der Waals surface area contributed by atoms with Crippen LogP contribution in [0.4, 0.5) is 0 Å². The van der Waals surface area contributed by atoms with Gasteiger partial charge in [0.2, 0.25) is 0 Å². The highest BCUT2D eigenvalue weighted by Crippen LogP contribution is 2.41. The fraction of sp³-hybridized carbons (Fsp3) is 0.800. The van der Waals surface area contributed by atoms with Crippen LogP contribution in [0.3, 0.4) is 0 Å². The first-order valence-electron chi connectivity index (χ1n) is 4.69. The zero-order valence-corrected chi connectivity index (χ0v) is 6.87. The van der Waals surface area contributed by atoms with Gasteiger partial charge in [0, 0.05) is 6.61 Å². The zero-order chi connectivity index (χ0) is 7.68. The molecular weight excluding hydrogens is 136 g/mol. The second-order valence-electron chi connectivity index (χ2n) is 3.89. The van der Waals surface area contributed by atoms with Crippen LogP contribution in [0.5, 0.6) is 0 Å². The van der Waals surface area contributed by atoms with E-state index in [2.05, 4.69) is 12.2 Å². The topological polar surface area (TPSA) is 20.2 Å². The molecule has 1 fully saturated rings. The van der Waals surface area contributed by atoms with Gasteiger partial charge < -0.3 is 5.11 Å². The van der Waals surface area contributed by atoms with Crippen LogP contribution in [0.2, 0.25) is 0 Å². The second-order valence-corrected chi connectivity index (χ2v) is 3.89. The standard InChI is InChI=1S/C10H16O/c11-6-5-10-7-8-1-3-9(10)4-2-8/h1,3,8-11H,2,4-7H2/t8-,9+,10-/m1/s1. The summed E-state index contributed by atoms with van der Waals surface area (Å²) in [6, 6.07) is 0. The number of aliphatic hydroxyl groups excluding tert-OH is 1. The Balaban J connectivity index is 2.00. The van der Waals surface area contributed by atoms with E-state index >= 15 is 0 Å². The highest BCUT2D eigenvalue weighted by Gasteiger charge is 2.30. The smallest absolute Gasteiger partial charge is 0.0433 e. The lowest BCUT2D eigenvalue weighted by molar-refractivity contribution is 0.168. The summed E-state index contributed by atoms with van der Waals surface area (Å²) in [4.78, 5) is 0. The minimum atomic E-state index is 0.377. The average molecular weight is 152 g/mol. The van der Waals surface area contributed by atoms with Crippen LogP contribution in [0.1, 0.15) is 25.7 Å². The van der Waals surface area contributed by atoms with Crippen molar-refractivity contribution in [2.24, 2.45) is 17.8 Å². The highest BCUT2D eigenvalue weighted by molar-refractivity contribution is 5.05. The molecule has 1 saturated carbocycles. The summed E-state index contributed by atoms with van der Waals surface area (Å²) < 4.78 is 0. The summed E-state index contributed by atoms with van der Waals surface area (Å²) in [7, 11) is 0. The maximum atomic E-state index is 8.82. The second kappa shape index (κ2) is 2.98. The molecule has 3 atom stereocenters. The molecule has 1 nitrogen and oxygen atoms in total. The summed E-state index contributed by atoms with van der Waals surface area (Å²) in [6.07, 6.45) is 9.86. The van der Waals surface area contributed by atoms with Gasteiger partial charge in [-0.15, -0.1) is 0 Å². The molecule has 0 heterocycles. The molecule has 0 aromatic rings. The molecule has 0 aromatic heterocycles. The van der Waals surface area contributed by atoms with Crippen molar-refractivity contribution in [3.8, 4) is 0 Å². The summed E-state index contributed by atoms with van der Waals surface area (Å²) in [6.45, 7) is 0.377. The number of aliphatic hydroxyl groups is 1. The van der Waals surface area contributed by atoms with Gasteiger partial charge in [0.1, 0.15) is 0 Å². The molecule has 0 unspecified atom stereocenters. The van der Waals surface area contributed by atoms with E-state index in [1.807, 2.05) is 0 Å². The van der Waals surface area contributed by atoms with Crippen molar-refractivity contribution in [1.82, 2.24) is 0 Å². The lowest BCUT2D eigenvalue weighted by atomic mass is 9.68. The zero-order valence-electron chi connectivity index (χ0n) is 6.87. The Morgan fingerprint density at radius 2 is 2.18 bits per heavy atom. The molecule has 0 amide bonds. The van der Waals surface area contributed by atoms with Gasteiger partial charge in [0.25, 0.3) is 0 Å². The summed E-state index contributed by atoms with van der Waals surface area (Å²) >= 11 is 0. The lowest BCUT2D eigenvalue weighted by Crippen LogP contribution is -2.27. The van der Waals surface area contributed by atoms with Gasteiger partial charge in [-0.25, -0.2) is 0 Å². The van der Waals surface area contributed by atoms with Crippen molar-refractivity contribution in [3.05, 3.63) is 12.2 Å². The minimum absolute atomic E-state index is 0.377. The van der Waals surface area contributed by atoms with Crippen molar-refractivity contribution in [1.29, 1.82) is 0 Å². The van der Waals surface area contributed by atoms with E-state index in [1.54, 1.807) is 0 Å². The van der Waals surface area contributed by atoms with E-state index in [9.17, 15) is 0 Å². The highest BCUT2D eigenvalue weighted by atomic mass is 16.3. The van der Waals surface area contributed by atoms with Crippen LogP contribution < -0.4 is 0 Å². The average Bonchev–Trinajstić information content (AvgIpc) is 2.07. The van der Waals surface area contributed by atoms with Gasteiger partial charge in [-0.3, -0.25) is 0 Å². The largest absolute Gasteiger partial charge is 0.396 e. The maximum Gasteiger partial charge on any atom is 0.0433 e. The third-order valence-corrected chi connectivity index (χ3v) is 3.21. The van der Waals surface area contributed by atoms with Crippen LogP contribution in [0.15, 0.2) is 12.2 Å². The number of hydrogen-bond acceptors (Lipinski definition) is 1. The Hall–Kier alpha value is -0.300. The molecule has 0 aromatic carbocycles. The normalized spacial score (nSPS) is 41.4. The molecule has 3 aliphatic rings. The number of allylic oxidation sites excluding steroid dienone is 2. The third-order valence-electron chi connectivity index (χ3n) is 3.21. The van der Waals surface area contributed by atoms with Gasteiger partial charge in [-0.1, -0.05) is 12.2 Å². The lowest BCUT2D eigenvalue weighted by Gasteiger charge is -2.37. The molecule has 11 heavy (non-hydrogen) atoms. The summed E-state index contributed by atoms with van der Waals surface area (Å²) in [5, 5.41) is 8.82. The first-order chi connectivity index (χ1) is 5.40. The van der Waals surface area contributed by atoms with Crippen molar-refractivity contribution in [2.75, 3.05) is 6.61 Å². The first kappa shape index (κ1) is 7.35. The van der Waals surface area contributed by atoms with Gasteiger partial charge in [-0.05, 0) is 43.4 Å². The quantitative estimate of drug-likeness (QED) is 0.600. The Bertz CT molecular complexity index is 162.